The fourth-order valence-electron chi connectivity index (χ4n) is 2.91. The summed E-state index contributed by atoms with van der Waals surface area (Å²) in [5, 5.41) is 0. The van der Waals surface area contributed by atoms with Gasteiger partial charge in [0, 0.05) is 18.5 Å². The maximum atomic E-state index is 12.5. The van der Waals surface area contributed by atoms with Crippen LogP contribution in [-0.4, -0.2) is 48.0 Å². The smallest absolute Gasteiger partial charge is 0.368 e. The average Bonchev–Trinajstić information content (AvgIpc) is 2.33. The lowest BCUT2D eigenvalue weighted by Crippen LogP contribution is -2.49. The van der Waals surface area contributed by atoms with Crippen molar-refractivity contribution in [2.75, 3.05) is 19.6 Å². The third-order valence-electron chi connectivity index (χ3n) is 3.96. The molecule has 1 saturated heterocycles. The van der Waals surface area contributed by atoms with Crippen molar-refractivity contribution in [1.29, 1.82) is 0 Å². The second kappa shape index (κ2) is 5.22. The minimum absolute atomic E-state index is 0.121. The molecule has 0 saturated carbocycles. The predicted octanol–water partition coefficient (Wildman–Crippen LogP) is 2.40. The van der Waals surface area contributed by atoms with Gasteiger partial charge in [-0.1, -0.05) is 6.92 Å². The molecule has 6 heteroatoms. The Morgan fingerprint density at radius 2 is 1.68 bits per heavy atom. The average molecular weight is 282 g/mol. The summed E-state index contributed by atoms with van der Waals surface area (Å²) < 4.78 is 43.4. The molecule has 1 rings (SSSR count). The van der Waals surface area contributed by atoms with Crippen LogP contribution in [0.25, 0.3) is 0 Å². The molecule has 19 heavy (non-hydrogen) atoms. The Bertz CT molecular complexity index is 316. The molecule has 1 aliphatic rings. The minimum atomic E-state index is -4.18. The van der Waals surface area contributed by atoms with Gasteiger partial charge in [-0.25, -0.2) is 0 Å². The number of hydrogen-bond acceptors (Lipinski definition) is 3. The number of alkyl halides is 3. The lowest BCUT2D eigenvalue weighted by Gasteiger charge is -2.33. The standard InChI is InChI=1S/C13H25F3N2O/c1-6-18(8-13(14,15)16)7-9-10(17)12(4,5)19-11(9,2)3/h9-10H,6-8,17H2,1-5H3. The summed E-state index contributed by atoms with van der Waals surface area (Å²) in [6, 6.07) is -0.273. The van der Waals surface area contributed by atoms with Gasteiger partial charge >= 0.3 is 6.18 Å². The van der Waals surface area contributed by atoms with Crippen molar-refractivity contribution in [1.82, 2.24) is 4.90 Å². The van der Waals surface area contributed by atoms with Gasteiger partial charge in [0.1, 0.15) is 0 Å². The summed E-state index contributed by atoms with van der Waals surface area (Å²) in [5.41, 5.74) is 5.15. The van der Waals surface area contributed by atoms with Crippen LogP contribution in [0.2, 0.25) is 0 Å². The van der Waals surface area contributed by atoms with Crippen LogP contribution in [0.1, 0.15) is 34.6 Å². The number of nitrogens with two attached hydrogens (primary N) is 1. The number of rotatable bonds is 4. The Kier molecular flexibility index (Phi) is 4.59. The van der Waals surface area contributed by atoms with Crippen LogP contribution in [0.5, 0.6) is 0 Å². The molecule has 2 unspecified atom stereocenters. The number of halogens is 3. The summed E-state index contributed by atoms with van der Waals surface area (Å²) in [7, 11) is 0. The van der Waals surface area contributed by atoms with E-state index in [0.717, 1.165) is 0 Å². The Morgan fingerprint density at radius 1 is 1.16 bits per heavy atom. The van der Waals surface area contributed by atoms with Gasteiger partial charge in [-0.3, -0.25) is 4.90 Å². The molecule has 114 valence electrons. The lowest BCUT2D eigenvalue weighted by molar-refractivity contribution is -0.148. The van der Waals surface area contributed by atoms with Crippen molar-refractivity contribution in [2.45, 2.75) is 58.0 Å². The van der Waals surface area contributed by atoms with Gasteiger partial charge in [-0.2, -0.15) is 13.2 Å². The predicted molar refractivity (Wildman–Crippen MR) is 68.9 cm³/mol. The molecule has 0 spiro atoms. The summed E-state index contributed by atoms with van der Waals surface area (Å²) in [5.74, 6) is -0.121. The van der Waals surface area contributed by atoms with Crippen molar-refractivity contribution < 1.29 is 17.9 Å². The molecule has 1 fully saturated rings. The first-order valence-electron chi connectivity index (χ1n) is 6.64. The second-order valence-electron chi connectivity index (χ2n) is 6.38. The fourth-order valence-corrected chi connectivity index (χ4v) is 2.91. The molecular weight excluding hydrogens is 257 g/mol. The highest BCUT2D eigenvalue weighted by Crippen LogP contribution is 2.41. The van der Waals surface area contributed by atoms with Crippen LogP contribution in [0, 0.1) is 5.92 Å². The maximum absolute atomic E-state index is 12.5. The number of hydrogen-bond donors (Lipinski definition) is 1. The topological polar surface area (TPSA) is 38.5 Å². The van der Waals surface area contributed by atoms with Gasteiger partial charge in [-0.15, -0.1) is 0 Å². The van der Waals surface area contributed by atoms with Crippen molar-refractivity contribution in [2.24, 2.45) is 11.7 Å². The lowest BCUT2D eigenvalue weighted by atomic mass is 9.82. The molecule has 0 aromatic heterocycles. The summed E-state index contributed by atoms with van der Waals surface area (Å²) in [6.45, 7) is 9.04. The van der Waals surface area contributed by atoms with Crippen LogP contribution < -0.4 is 5.73 Å². The van der Waals surface area contributed by atoms with Gasteiger partial charge in [0.2, 0.25) is 0 Å². The van der Waals surface area contributed by atoms with Crippen molar-refractivity contribution in [3.8, 4) is 0 Å². The first-order valence-corrected chi connectivity index (χ1v) is 6.64. The molecule has 0 aromatic carbocycles. The first kappa shape index (κ1) is 16.7. The molecule has 0 bridgehead atoms. The fraction of sp³-hybridized carbons (Fsp3) is 1.00. The Labute approximate surface area is 113 Å². The molecule has 3 nitrogen and oxygen atoms in total. The van der Waals surface area contributed by atoms with Crippen LogP contribution in [0.15, 0.2) is 0 Å². The molecule has 0 aromatic rings. The highest BCUT2D eigenvalue weighted by molar-refractivity contribution is 5.04. The van der Waals surface area contributed by atoms with Gasteiger partial charge < -0.3 is 10.5 Å². The van der Waals surface area contributed by atoms with E-state index in [4.69, 9.17) is 10.5 Å². The molecular formula is C13H25F3N2O. The molecule has 0 radical (unpaired) electrons. The van der Waals surface area contributed by atoms with E-state index >= 15 is 0 Å². The van der Waals surface area contributed by atoms with Crippen molar-refractivity contribution in [3.63, 3.8) is 0 Å². The van der Waals surface area contributed by atoms with E-state index in [1.807, 2.05) is 27.7 Å². The van der Waals surface area contributed by atoms with Crippen molar-refractivity contribution in [3.05, 3.63) is 0 Å². The highest BCUT2D eigenvalue weighted by atomic mass is 19.4. The van der Waals surface area contributed by atoms with Gasteiger partial charge in [0.25, 0.3) is 0 Å². The number of nitrogens with zero attached hydrogens (tertiary/aromatic N) is 1. The van der Waals surface area contributed by atoms with E-state index in [1.165, 1.54) is 4.90 Å². The van der Waals surface area contributed by atoms with Gasteiger partial charge in [-0.05, 0) is 34.2 Å². The molecule has 2 N–H and O–H groups in total. The largest absolute Gasteiger partial charge is 0.401 e. The van der Waals surface area contributed by atoms with E-state index in [2.05, 4.69) is 0 Å². The van der Waals surface area contributed by atoms with Crippen molar-refractivity contribution >= 4 is 0 Å². The number of ether oxygens (including phenoxy) is 1. The van der Waals surface area contributed by atoms with E-state index in [-0.39, 0.29) is 12.0 Å². The minimum Gasteiger partial charge on any atom is -0.368 e. The highest BCUT2D eigenvalue weighted by Gasteiger charge is 2.52. The SMILES string of the molecule is CCN(CC1C(N)C(C)(C)OC1(C)C)CC(F)(F)F. The second-order valence-corrected chi connectivity index (χ2v) is 6.38. The van der Waals surface area contributed by atoms with Crippen LogP contribution in [0.4, 0.5) is 13.2 Å². The normalized spacial score (nSPS) is 30.0. The monoisotopic (exact) mass is 282 g/mol. The summed E-state index contributed by atoms with van der Waals surface area (Å²) in [6.07, 6.45) is -4.18. The zero-order valence-electron chi connectivity index (χ0n) is 12.3. The zero-order chi connectivity index (χ0) is 15.1. The molecule has 1 aliphatic heterocycles. The van der Waals surface area contributed by atoms with Crippen LogP contribution >= 0.6 is 0 Å². The van der Waals surface area contributed by atoms with E-state index in [9.17, 15) is 13.2 Å². The zero-order valence-corrected chi connectivity index (χ0v) is 12.3. The molecule has 0 amide bonds. The molecule has 1 heterocycles. The third kappa shape index (κ3) is 4.07. The summed E-state index contributed by atoms with van der Waals surface area (Å²) in [4.78, 5) is 1.39. The van der Waals surface area contributed by atoms with Crippen LogP contribution in [-0.2, 0) is 4.74 Å². The Balaban J connectivity index is 2.79. The Morgan fingerprint density at radius 3 is 2.00 bits per heavy atom. The maximum Gasteiger partial charge on any atom is 0.401 e. The first-order chi connectivity index (χ1) is 8.39. The Hall–Kier alpha value is -0.330. The van der Waals surface area contributed by atoms with Gasteiger partial charge in [0.05, 0.1) is 17.7 Å². The van der Waals surface area contributed by atoms with E-state index in [1.54, 1.807) is 6.92 Å². The molecule has 2 atom stereocenters. The van der Waals surface area contributed by atoms with Crippen LogP contribution in [0.3, 0.4) is 0 Å². The summed E-state index contributed by atoms with van der Waals surface area (Å²) >= 11 is 0. The third-order valence-corrected chi connectivity index (χ3v) is 3.96. The quantitative estimate of drug-likeness (QED) is 0.860. The molecule has 0 aliphatic carbocycles. The van der Waals surface area contributed by atoms with Gasteiger partial charge in [0.15, 0.2) is 0 Å². The van der Waals surface area contributed by atoms with E-state index < -0.39 is 23.9 Å². The van der Waals surface area contributed by atoms with E-state index in [0.29, 0.717) is 13.1 Å².